The molecule has 1 heterocycles. The van der Waals surface area contributed by atoms with Crippen molar-refractivity contribution in [3.63, 3.8) is 0 Å². The molecular formula is C14H27NO. The van der Waals surface area contributed by atoms with Gasteiger partial charge in [0.1, 0.15) is 0 Å². The van der Waals surface area contributed by atoms with Crippen LogP contribution in [0.25, 0.3) is 0 Å². The van der Waals surface area contributed by atoms with E-state index < -0.39 is 0 Å². The molecule has 0 bridgehead atoms. The highest BCUT2D eigenvalue weighted by atomic mass is 16.1. The van der Waals surface area contributed by atoms with E-state index in [2.05, 4.69) is 18.7 Å². The summed E-state index contributed by atoms with van der Waals surface area (Å²) in [4.78, 5) is 14.8. The number of Topliss-reactive ketones (excluding diaryl/α,β-unsaturated/α-hetero) is 1. The van der Waals surface area contributed by atoms with E-state index in [0.717, 1.165) is 13.1 Å². The summed E-state index contributed by atoms with van der Waals surface area (Å²) in [6.07, 6.45) is 5.11. The van der Waals surface area contributed by atoms with Crippen molar-refractivity contribution in [2.75, 3.05) is 13.1 Å². The Balaban J connectivity index is 2.78. The molecule has 0 aromatic rings. The number of hydrogen-bond acceptors (Lipinski definition) is 2. The second-order valence-corrected chi connectivity index (χ2v) is 6.54. The minimum atomic E-state index is -0.303. The summed E-state index contributed by atoms with van der Waals surface area (Å²) in [7, 11) is 0. The highest BCUT2D eigenvalue weighted by Crippen LogP contribution is 2.29. The molecule has 94 valence electrons. The molecular weight excluding hydrogens is 198 g/mol. The van der Waals surface area contributed by atoms with Gasteiger partial charge in [-0.1, -0.05) is 33.6 Å². The molecule has 2 nitrogen and oxygen atoms in total. The molecule has 0 atom stereocenters. The maximum absolute atomic E-state index is 12.5. The Morgan fingerprint density at radius 1 is 0.875 bits per heavy atom. The lowest BCUT2D eigenvalue weighted by molar-refractivity contribution is -0.137. The molecule has 1 aliphatic heterocycles. The standard InChI is InChI=1S/C14H27NO/c1-13(2,3)12(16)14(4,5)15-10-8-6-7-9-11-15/h6-11H2,1-5H3. The number of hydrogen-bond donors (Lipinski definition) is 0. The van der Waals surface area contributed by atoms with Crippen LogP contribution in [0.3, 0.4) is 0 Å². The topological polar surface area (TPSA) is 20.3 Å². The molecule has 1 fully saturated rings. The van der Waals surface area contributed by atoms with Crippen molar-refractivity contribution in [2.45, 2.75) is 65.8 Å². The van der Waals surface area contributed by atoms with Gasteiger partial charge in [0, 0.05) is 5.41 Å². The Bertz CT molecular complexity index is 242. The highest BCUT2D eigenvalue weighted by Gasteiger charge is 2.40. The molecule has 0 spiro atoms. The summed E-state index contributed by atoms with van der Waals surface area (Å²) in [5.74, 6) is 0.363. The fourth-order valence-corrected chi connectivity index (χ4v) is 2.69. The molecule has 16 heavy (non-hydrogen) atoms. The van der Waals surface area contributed by atoms with Crippen molar-refractivity contribution in [1.29, 1.82) is 0 Å². The van der Waals surface area contributed by atoms with Gasteiger partial charge < -0.3 is 0 Å². The SMILES string of the molecule is CC(C)(C)C(=O)C(C)(C)N1CCCCCC1. The van der Waals surface area contributed by atoms with Crippen molar-refractivity contribution in [2.24, 2.45) is 5.41 Å². The van der Waals surface area contributed by atoms with Crippen LogP contribution in [0.4, 0.5) is 0 Å². The smallest absolute Gasteiger partial charge is 0.157 e. The third-order valence-corrected chi connectivity index (χ3v) is 3.63. The molecule has 0 N–H and O–H groups in total. The molecule has 0 saturated carbocycles. The number of carbonyl (C=O) groups is 1. The predicted octanol–water partition coefficient (Wildman–Crippen LogP) is 3.26. The molecule has 0 aliphatic carbocycles. The van der Waals surface area contributed by atoms with Crippen LogP contribution in [0.15, 0.2) is 0 Å². The second-order valence-electron chi connectivity index (χ2n) is 6.54. The Kier molecular flexibility index (Phi) is 4.17. The van der Waals surface area contributed by atoms with Crippen molar-refractivity contribution >= 4 is 5.78 Å². The van der Waals surface area contributed by atoms with Gasteiger partial charge in [-0.15, -0.1) is 0 Å². The maximum atomic E-state index is 12.5. The Morgan fingerprint density at radius 2 is 1.31 bits per heavy atom. The van der Waals surface area contributed by atoms with Gasteiger partial charge in [0.05, 0.1) is 5.54 Å². The van der Waals surface area contributed by atoms with Crippen LogP contribution in [0.5, 0.6) is 0 Å². The van der Waals surface area contributed by atoms with Crippen LogP contribution >= 0.6 is 0 Å². The molecule has 2 heteroatoms. The monoisotopic (exact) mass is 225 g/mol. The molecule has 1 rings (SSSR count). The van der Waals surface area contributed by atoms with Crippen molar-refractivity contribution in [1.82, 2.24) is 4.90 Å². The van der Waals surface area contributed by atoms with E-state index in [1.165, 1.54) is 25.7 Å². The molecule has 0 unspecified atom stereocenters. The molecule has 0 amide bonds. The van der Waals surface area contributed by atoms with Crippen LogP contribution in [0, 0.1) is 5.41 Å². The second kappa shape index (κ2) is 4.87. The quantitative estimate of drug-likeness (QED) is 0.719. The number of carbonyl (C=O) groups excluding carboxylic acids is 1. The van der Waals surface area contributed by atoms with E-state index in [1.807, 2.05) is 20.8 Å². The van der Waals surface area contributed by atoms with Gasteiger partial charge in [-0.2, -0.15) is 0 Å². The third-order valence-electron chi connectivity index (χ3n) is 3.63. The van der Waals surface area contributed by atoms with Gasteiger partial charge in [0.2, 0.25) is 0 Å². The van der Waals surface area contributed by atoms with E-state index in [9.17, 15) is 4.79 Å². The highest BCUT2D eigenvalue weighted by molar-refractivity contribution is 5.91. The van der Waals surface area contributed by atoms with E-state index in [0.29, 0.717) is 5.78 Å². The first-order valence-electron chi connectivity index (χ1n) is 6.56. The first kappa shape index (κ1) is 13.7. The van der Waals surface area contributed by atoms with Crippen molar-refractivity contribution in [3.8, 4) is 0 Å². The normalized spacial score (nSPS) is 20.6. The van der Waals surface area contributed by atoms with Crippen molar-refractivity contribution < 1.29 is 4.79 Å². The average Bonchev–Trinajstić information content (AvgIpc) is 2.43. The fourth-order valence-electron chi connectivity index (χ4n) is 2.69. The van der Waals surface area contributed by atoms with E-state index in [1.54, 1.807) is 0 Å². The summed E-state index contributed by atoms with van der Waals surface area (Å²) in [6, 6.07) is 0. The first-order chi connectivity index (χ1) is 7.26. The summed E-state index contributed by atoms with van der Waals surface area (Å²) >= 11 is 0. The first-order valence-corrected chi connectivity index (χ1v) is 6.56. The van der Waals surface area contributed by atoms with Crippen LogP contribution in [-0.2, 0) is 4.79 Å². The summed E-state index contributed by atoms with van der Waals surface area (Å²) in [6.45, 7) is 12.4. The maximum Gasteiger partial charge on any atom is 0.157 e. The van der Waals surface area contributed by atoms with Gasteiger partial charge in [0.25, 0.3) is 0 Å². The number of ketones is 1. The number of nitrogens with zero attached hydrogens (tertiary/aromatic N) is 1. The average molecular weight is 225 g/mol. The van der Waals surface area contributed by atoms with Gasteiger partial charge >= 0.3 is 0 Å². The zero-order valence-electron chi connectivity index (χ0n) is 11.6. The Morgan fingerprint density at radius 3 is 1.69 bits per heavy atom. The molecule has 0 aromatic heterocycles. The van der Waals surface area contributed by atoms with Crippen LogP contribution in [0.1, 0.15) is 60.3 Å². The zero-order chi connectivity index (χ0) is 12.4. The molecule has 1 saturated heterocycles. The van der Waals surface area contributed by atoms with E-state index in [-0.39, 0.29) is 11.0 Å². The molecule has 0 aromatic carbocycles. The van der Waals surface area contributed by atoms with Crippen LogP contribution in [0.2, 0.25) is 0 Å². The molecule has 1 aliphatic rings. The van der Waals surface area contributed by atoms with Gasteiger partial charge in [-0.25, -0.2) is 0 Å². The molecule has 0 radical (unpaired) electrons. The minimum Gasteiger partial charge on any atom is -0.297 e. The van der Waals surface area contributed by atoms with Crippen LogP contribution in [-0.4, -0.2) is 29.3 Å². The number of rotatable bonds is 2. The zero-order valence-corrected chi connectivity index (χ0v) is 11.6. The van der Waals surface area contributed by atoms with Crippen molar-refractivity contribution in [3.05, 3.63) is 0 Å². The lowest BCUT2D eigenvalue weighted by Crippen LogP contribution is -2.54. The summed E-state index contributed by atoms with van der Waals surface area (Å²) in [5.41, 5.74) is -0.543. The van der Waals surface area contributed by atoms with Gasteiger partial charge in [-0.3, -0.25) is 9.69 Å². The third kappa shape index (κ3) is 3.07. The predicted molar refractivity (Wildman–Crippen MR) is 68.6 cm³/mol. The number of likely N-dealkylation sites (tertiary alicyclic amines) is 1. The minimum absolute atomic E-state index is 0.240. The Hall–Kier alpha value is -0.370. The summed E-state index contributed by atoms with van der Waals surface area (Å²) < 4.78 is 0. The van der Waals surface area contributed by atoms with E-state index in [4.69, 9.17) is 0 Å². The lowest BCUT2D eigenvalue weighted by Gasteiger charge is -2.40. The summed E-state index contributed by atoms with van der Waals surface area (Å²) in [5, 5.41) is 0. The Labute approximate surface area is 100 Å². The fraction of sp³-hybridized carbons (Fsp3) is 0.929. The largest absolute Gasteiger partial charge is 0.297 e. The lowest BCUT2D eigenvalue weighted by atomic mass is 9.79. The van der Waals surface area contributed by atoms with Gasteiger partial charge in [0.15, 0.2) is 5.78 Å². The van der Waals surface area contributed by atoms with E-state index >= 15 is 0 Å². The van der Waals surface area contributed by atoms with Crippen LogP contribution < -0.4 is 0 Å². The van der Waals surface area contributed by atoms with Gasteiger partial charge in [-0.05, 0) is 39.8 Å².